The number of nitrogens with one attached hydrogen (secondary N) is 2. The molecule has 0 aliphatic carbocycles. The first-order valence-corrected chi connectivity index (χ1v) is 11.0. The molecule has 3 aromatic rings. The third-order valence-corrected chi connectivity index (χ3v) is 5.71. The lowest BCUT2D eigenvalue weighted by Gasteiger charge is -2.20. The molecule has 1 aromatic heterocycles. The van der Waals surface area contributed by atoms with E-state index in [9.17, 15) is 4.79 Å². The predicted octanol–water partition coefficient (Wildman–Crippen LogP) is 4.07. The molecule has 0 radical (unpaired) electrons. The van der Waals surface area contributed by atoms with Crippen LogP contribution in [-0.4, -0.2) is 30.5 Å². The van der Waals surface area contributed by atoms with Crippen LogP contribution in [0.25, 0.3) is 0 Å². The third-order valence-electron chi connectivity index (χ3n) is 5.71. The zero-order valence-corrected chi connectivity index (χ0v) is 18.0. The van der Waals surface area contributed by atoms with Crippen molar-refractivity contribution in [3.63, 3.8) is 0 Å². The van der Waals surface area contributed by atoms with E-state index in [-0.39, 0.29) is 5.91 Å². The van der Waals surface area contributed by atoms with Gasteiger partial charge in [0, 0.05) is 19.6 Å². The van der Waals surface area contributed by atoms with Crippen molar-refractivity contribution in [2.45, 2.75) is 25.3 Å². The van der Waals surface area contributed by atoms with Crippen molar-refractivity contribution in [1.29, 1.82) is 5.26 Å². The lowest BCUT2D eigenvalue weighted by molar-refractivity contribution is -0.118. The zero-order valence-electron chi connectivity index (χ0n) is 18.0. The Labute approximate surface area is 188 Å². The number of benzene rings is 2. The molecule has 1 saturated heterocycles. The Morgan fingerprint density at radius 3 is 2.44 bits per heavy atom. The van der Waals surface area contributed by atoms with E-state index in [1.807, 2.05) is 72.9 Å². The molecule has 1 aliphatic rings. The quantitative estimate of drug-likeness (QED) is 0.569. The number of pyridine rings is 1. The predicted molar refractivity (Wildman–Crippen MR) is 126 cm³/mol. The Hall–Kier alpha value is -3.69. The number of nitrogens with zero attached hydrogens (tertiary/aromatic N) is 3. The number of anilines is 2. The minimum absolute atomic E-state index is 0.141. The molecule has 32 heavy (non-hydrogen) atoms. The number of rotatable bonds is 8. The Morgan fingerprint density at radius 1 is 1.03 bits per heavy atom. The average molecular weight is 426 g/mol. The summed E-state index contributed by atoms with van der Waals surface area (Å²) >= 11 is 0. The molecule has 0 saturated carbocycles. The first-order valence-electron chi connectivity index (χ1n) is 11.0. The molecule has 2 heterocycles. The summed E-state index contributed by atoms with van der Waals surface area (Å²) in [6, 6.07) is 22.7. The van der Waals surface area contributed by atoms with Crippen molar-refractivity contribution in [2.75, 3.05) is 29.9 Å². The van der Waals surface area contributed by atoms with E-state index < -0.39 is 6.04 Å². The second-order valence-electron chi connectivity index (χ2n) is 7.94. The van der Waals surface area contributed by atoms with Gasteiger partial charge in [-0.1, -0.05) is 42.5 Å². The number of aromatic nitrogens is 1. The number of carbonyl (C=O) groups is 1. The minimum Gasteiger partial charge on any atom is -0.370 e. The molecule has 2 aromatic carbocycles. The fraction of sp³-hybridized carbons (Fsp3) is 0.269. The molecule has 0 bridgehead atoms. The van der Waals surface area contributed by atoms with E-state index in [1.165, 1.54) is 12.8 Å². The molecule has 6 heteroatoms. The summed E-state index contributed by atoms with van der Waals surface area (Å²) in [5.41, 5.74) is 3.76. The van der Waals surface area contributed by atoms with E-state index in [0.717, 1.165) is 36.3 Å². The molecule has 1 amide bonds. The Balaban J connectivity index is 1.40. The Morgan fingerprint density at radius 2 is 1.78 bits per heavy atom. The fourth-order valence-electron chi connectivity index (χ4n) is 3.93. The summed E-state index contributed by atoms with van der Waals surface area (Å²) in [6.45, 7) is 2.75. The van der Waals surface area contributed by atoms with Crippen molar-refractivity contribution in [2.24, 2.45) is 0 Å². The highest BCUT2D eigenvalue weighted by Crippen LogP contribution is 2.21. The second-order valence-corrected chi connectivity index (χ2v) is 7.94. The van der Waals surface area contributed by atoms with Gasteiger partial charge in [0.1, 0.15) is 11.9 Å². The van der Waals surface area contributed by atoms with E-state index >= 15 is 0 Å². The normalized spacial score (nSPS) is 14.0. The number of hydrogen-bond acceptors (Lipinski definition) is 5. The maximum absolute atomic E-state index is 13.1. The monoisotopic (exact) mass is 425 g/mol. The van der Waals surface area contributed by atoms with Crippen LogP contribution >= 0.6 is 0 Å². The van der Waals surface area contributed by atoms with Crippen molar-refractivity contribution in [1.82, 2.24) is 10.3 Å². The Kier molecular flexibility index (Phi) is 7.11. The van der Waals surface area contributed by atoms with Crippen LogP contribution in [-0.2, 0) is 11.2 Å². The number of amides is 1. The van der Waals surface area contributed by atoms with Crippen molar-refractivity contribution in [3.8, 4) is 6.07 Å². The van der Waals surface area contributed by atoms with Crippen LogP contribution in [0.4, 0.5) is 11.5 Å². The molecule has 0 spiro atoms. The van der Waals surface area contributed by atoms with Crippen molar-refractivity contribution < 1.29 is 4.79 Å². The summed E-state index contributed by atoms with van der Waals surface area (Å²) in [6.07, 6.45) is 5.01. The number of nitriles is 1. The van der Waals surface area contributed by atoms with Gasteiger partial charge in [-0.15, -0.1) is 0 Å². The zero-order chi connectivity index (χ0) is 22.2. The fourth-order valence-corrected chi connectivity index (χ4v) is 3.93. The molecule has 2 N–H and O–H groups in total. The standard InChI is InChI=1S/C26H27N5O/c27-18-21-10-8-20(9-11-21)14-15-28-25(22-6-2-1-3-7-22)26(32)30-24-13-12-23(19-29-24)31-16-4-5-17-31/h1-3,6-13,19,25,28H,4-5,14-17H2,(H,29,30,32). The van der Waals surface area contributed by atoms with Gasteiger partial charge in [-0.3, -0.25) is 4.79 Å². The summed E-state index contributed by atoms with van der Waals surface area (Å²) in [5.74, 6) is 0.408. The average Bonchev–Trinajstić information content (AvgIpc) is 3.38. The first kappa shape index (κ1) is 21.5. The summed E-state index contributed by atoms with van der Waals surface area (Å²) in [7, 11) is 0. The summed E-state index contributed by atoms with van der Waals surface area (Å²) in [4.78, 5) is 19.9. The molecule has 1 unspecified atom stereocenters. The van der Waals surface area contributed by atoms with Crippen LogP contribution in [0.2, 0.25) is 0 Å². The minimum atomic E-state index is -0.491. The first-order chi connectivity index (χ1) is 15.7. The van der Waals surface area contributed by atoms with Crippen LogP contribution < -0.4 is 15.5 Å². The van der Waals surface area contributed by atoms with E-state index in [1.54, 1.807) is 0 Å². The smallest absolute Gasteiger partial charge is 0.247 e. The summed E-state index contributed by atoms with van der Waals surface area (Å²) < 4.78 is 0. The summed E-state index contributed by atoms with van der Waals surface area (Å²) in [5, 5.41) is 15.3. The molecular weight excluding hydrogens is 398 g/mol. The molecule has 1 fully saturated rings. The molecule has 4 rings (SSSR count). The van der Waals surface area contributed by atoms with Crippen LogP contribution in [0, 0.1) is 11.3 Å². The number of hydrogen-bond donors (Lipinski definition) is 2. The largest absolute Gasteiger partial charge is 0.370 e. The topological polar surface area (TPSA) is 81.0 Å². The number of carbonyl (C=O) groups excluding carboxylic acids is 1. The van der Waals surface area contributed by atoms with Gasteiger partial charge in [-0.25, -0.2) is 4.98 Å². The van der Waals surface area contributed by atoms with Gasteiger partial charge in [0.05, 0.1) is 23.5 Å². The molecule has 1 aliphatic heterocycles. The van der Waals surface area contributed by atoms with E-state index in [2.05, 4.69) is 26.6 Å². The highest BCUT2D eigenvalue weighted by atomic mass is 16.2. The third kappa shape index (κ3) is 5.51. The SMILES string of the molecule is N#Cc1ccc(CCNC(C(=O)Nc2ccc(N3CCCC3)cn2)c2ccccc2)cc1. The van der Waals surface area contributed by atoms with Gasteiger partial charge in [0.2, 0.25) is 5.91 Å². The molecule has 1 atom stereocenters. The molecule has 6 nitrogen and oxygen atoms in total. The van der Waals surface area contributed by atoms with Crippen molar-refractivity contribution >= 4 is 17.4 Å². The highest BCUT2D eigenvalue weighted by Gasteiger charge is 2.20. The highest BCUT2D eigenvalue weighted by molar-refractivity contribution is 5.94. The van der Waals surface area contributed by atoms with Gasteiger partial charge in [0.15, 0.2) is 0 Å². The lowest BCUT2D eigenvalue weighted by Crippen LogP contribution is -2.34. The lowest BCUT2D eigenvalue weighted by atomic mass is 10.1. The van der Waals surface area contributed by atoms with Gasteiger partial charge in [0.25, 0.3) is 0 Å². The van der Waals surface area contributed by atoms with Gasteiger partial charge < -0.3 is 15.5 Å². The maximum atomic E-state index is 13.1. The van der Waals surface area contributed by atoms with Gasteiger partial charge in [-0.05, 0) is 54.7 Å². The van der Waals surface area contributed by atoms with Gasteiger partial charge in [-0.2, -0.15) is 5.26 Å². The second kappa shape index (κ2) is 10.6. The van der Waals surface area contributed by atoms with Crippen molar-refractivity contribution in [3.05, 3.63) is 89.6 Å². The van der Waals surface area contributed by atoms with E-state index in [0.29, 0.717) is 17.9 Å². The van der Waals surface area contributed by atoms with Crippen LogP contribution in [0.5, 0.6) is 0 Å². The molecule has 162 valence electrons. The Bertz CT molecular complexity index is 1050. The van der Waals surface area contributed by atoms with Crippen LogP contribution in [0.15, 0.2) is 72.9 Å². The van der Waals surface area contributed by atoms with E-state index in [4.69, 9.17) is 5.26 Å². The van der Waals surface area contributed by atoms with Gasteiger partial charge >= 0.3 is 0 Å². The molecular formula is C26H27N5O. The van der Waals surface area contributed by atoms with Crippen LogP contribution in [0.3, 0.4) is 0 Å². The van der Waals surface area contributed by atoms with Crippen LogP contribution in [0.1, 0.15) is 35.6 Å². The maximum Gasteiger partial charge on any atom is 0.247 e.